The molecule has 6 heteroatoms. The van der Waals surface area contributed by atoms with Gasteiger partial charge < -0.3 is 10.6 Å². The smallest absolute Gasteiger partial charge is 0.325 e. The molecule has 2 aliphatic rings. The van der Waals surface area contributed by atoms with Gasteiger partial charge in [0.05, 0.1) is 6.04 Å². The zero-order valence-electron chi connectivity index (χ0n) is 13.3. The molecule has 0 saturated carbocycles. The van der Waals surface area contributed by atoms with Crippen molar-refractivity contribution in [2.45, 2.75) is 50.7 Å². The molecule has 23 heavy (non-hydrogen) atoms. The van der Waals surface area contributed by atoms with Crippen LogP contribution >= 0.6 is 0 Å². The number of carbonyl (C=O) groups excluding carboxylic acids is 3. The standard InChI is InChI=1S/C17H21N3O3/c1-10(12-6-4-3-5-7-12)15-16(22)20(17(23)19-15)13-8-9-14(21)18-11(13)2/h3-7,10-11,13,15H,8-9H2,1-2H3,(H,18,21)(H,19,23). The summed E-state index contributed by atoms with van der Waals surface area (Å²) in [5, 5.41) is 5.62. The Kier molecular flexibility index (Phi) is 4.07. The largest absolute Gasteiger partial charge is 0.352 e. The minimum absolute atomic E-state index is 0.0324. The molecule has 0 aromatic heterocycles. The van der Waals surface area contributed by atoms with E-state index in [-0.39, 0.29) is 35.8 Å². The van der Waals surface area contributed by atoms with E-state index in [1.54, 1.807) is 0 Å². The number of rotatable bonds is 3. The van der Waals surface area contributed by atoms with E-state index in [1.807, 2.05) is 44.2 Å². The van der Waals surface area contributed by atoms with Gasteiger partial charge in [0.25, 0.3) is 5.91 Å². The molecule has 0 spiro atoms. The zero-order valence-corrected chi connectivity index (χ0v) is 13.3. The summed E-state index contributed by atoms with van der Waals surface area (Å²) < 4.78 is 0. The Morgan fingerprint density at radius 3 is 2.48 bits per heavy atom. The predicted molar refractivity (Wildman–Crippen MR) is 84.6 cm³/mol. The molecular formula is C17H21N3O3. The van der Waals surface area contributed by atoms with Crippen molar-refractivity contribution in [3.8, 4) is 0 Å². The van der Waals surface area contributed by atoms with Crippen LogP contribution in [0.1, 0.15) is 38.2 Å². The first-order valence-corrected chi connectivity index (χ1v) is 7.97. The molecule has 4 unspecified atom stereocenters. The molecule has 4 amide bonds. The van der Waals surface area contributed by atoms with Crippen LogP contribution in [0.4, 0.5) is 4.79 Å². The fourth-order valence-corrected chi connectivity index (χ4v) is 3.42. The molecule has 0 radical (unpaired) electrons. The minimum atomic E-state index is -0.560. The molecule has 1 aromatic rings. The number of urea groups is 1. The Labute approximate surface area is 135 Å². The van der Waals surface area contributed by atoms with Gasteiger partial charge in [0.15, 0.2) is 0 Å². The Bertz CT molecular complexity index is 631. The van der Waals surface area contributed by atoms with Crippen LogP contribution in [0.25, 0.3) is 0 Å². The molecule has 1 aromatic carbocycles. The Morgan fingerprint density at radius 2 is 1.83 bits per heavy atom. The zero-order chi connectivity index (χ0) is 16.6. The van der Waals surface area contributed by atoms with Crippen molar-refractivity contribution in [1.82, 2.24) is 15.5 Å². The second kappa shape index (κ2) is 6.02. The number of benzene rings is 1. The topological polar surface area (TPSA) is 78.5 Å². The molecule has 0 bridgehead atoms. The second-order valence-electron chi connectivity index (χ2n) is 6.30. The summed E-state index contributed by atoms with van der Waals surface area (Å²) in [5.41, 5.74) is 1.01. The van der Waals surface area contributed by atoms with Gasteiger partial charge in [-0.2, -0.15) is 0 Å². The number of amides is 4. The first-order chi connectivity index (χ1) is 11.0. The minimum Gasteiger partial charge on any atom is -0.352 e. The highest BCUT2D eigenvalue weighted by molar-refractivity contribution is 6.05. The monoisotopic (exact) mass is 315 g/mol. The molecule has 0 aliphatic carbocycles. The van der Waals surface area contributed by atoms with Gasteiger partial charge in [0, 0.05) is 18.4 Å². The van der Waals surface area contributed by atoms with Gasteiger partial charge in [-0.05, 0) is 18.9 Å². The quantitative estimate of drug-likeness (QED) is 0.827. The van der Waals surface area contributed by atoms with Crippen LogP contribution in [0.5, 0.6) is 0 Å². The molecule has 3 rings (SSSR count). The summed E-state index contributed by atoms with van der Waals surface area (Å²) in [6, 6.07) is 8.24. The summed E-state index contributed by atoms with van der Waals surface area (Å²) in [4.78, 5) is 37.9. The van der Waals surface area contributed by atoms with Crippen LogP contribution in [-0.2, 0) is 9.59 Å². The van der Waals surface area contributed by atoms with Crippen LogP contribution < -0.4 is 10.6 Å². The molecule has 2 N–H and O–H groups in total. The van der Waals surface area contributed by atoms with Gasteiger partial charge in [-0.1, -0.05) is 37.3 Å². The van der Waals surface area contributed by atoms with Crippen LogP contribution in [-0.4, -0.2) is 40.9 Å². The predicted octanol–water partition coefficient (Wildman–Crippen LogP) is 1.38. The highest BCUT2D eigenvalue weighted by Gasteiger charge is 2.46. The molecule has 6 nitrogen and oxygen atoms in total. The number of imide groups is 1. The third-order valence-electron chi connectivity index (χ3n) is 4.79. The number of hydrogen-bond acceptors (Lipinski definition) is 3. The number of hydrogen-bond donors (Lipinski definition) is 2. The number of carbonyl (C=O) groups is 3. The van der Waals surface area contributed by atoms with Gasteiger partial charge in [-0.15, -0.1) is 0 Å². The summed E-state index contributed by atoms with van der Waals surface area (Å²) in [6.07, 6.45) is 0.851. The second-order valence-corrected chi connectivity index (χ2v) is 6.30. The van der Waals surface area contributed by atoms with Crippen LogP contribution in [0.2, 0.25) is 0 Å². The lowest BCUT2D eigenvalue weighted by Crippen LogP contribution is -2.56. The number of piperidine rings is 1. The Morgan fingerprint density at radius 1 is 1.13 bits per heavy atom. The third-order valence-corrected chi connectivity index (χ3v) is 4.79. The van der Waals surface area contributed by atoms with E-state index in [4.69, 9.17) is 0 Å². The highest BCUT2D eigenvalue weighted by Crippen LogP contribution is 2.27. The van der Waals surface area contributed by atoms with Crippen molar-refractivity contribution in [3.63, 3.8) is 0 Å². The normalized spacial score (nSPS) is 29.2. The van der Waals surface area contributed by atoms with Crippen molar-refractivity contribution in [1.29, 1.82) is 0 Å². The van der Waals surface area contributed by atoms with Crippen molar-refractivity contribution >= 4 is 17.8 Å². The number of nitrogens with zero attached hydrogens (tertiary/aromatic N) is 1. The average Bonchev–Trinajstić information content (AvgIpc) is 2.83. The van der Waals surface area contributed by atoms with Gasteiger partial charge in [-0.3, -0.25) is 14.5 Å². The first-order valence-electron chi connectivity index (χ1n) is 7.97. The molecular weight excluding hydrogens is 294 g/mol. The Balaban J connectivity index is 1.79. The lowest BCUT2D eigenvalue weighted by atomic mass is 9.92. The molecule has 122 valence electrons. The van der Waals surface area contributed by atoms with E-state index < -0.39 is 6.04 Å². The average molecular weight is 315 g/mol. The van der Waals surface area contributed by atoms with E-state index in [0.717, 1.165) is 5.56 Å². The summed E-state index contributed by atoms with van der Waals surface area (Å²) in [6.45, 7) is 3.77. The van der Waals surface area contributed by atoms with Crippen molar-refractivity contribution in [2.75, 3.05) is 0 Å². The van der Waals surface area contributed by atoms with Gasteiger partial charge >= 0.3 is 6.03 Å². The summed E-state index contributed by atoms with van der Waals surface area (Å²) in [7, 11) is 0. The van der Waals surface area contributed by atoms with Gasteiger partial charge in [0.1, 0.15) is 6.04 Å². The van der Waals surface area contributed by atoms with Crippen LogP contribution in [0, 0.1) is 0 Å². The van der Waals surface area contributed by atoms with E-state index in [1.165, 1.54) is 4.90 Å². The highest BCUT2D eigenvalue weighted by atomic mass is 16.2. The van der Waals surface area contributed by atoms with E-state index in [9.17, 15) is 14.4 Å². The molecule has 2 fully saturated rings. The summed E-state index contributed by atoms with van der Waals surface area (Å²) in [5.74, 6) is -0.347. The first kappa shape index (κ1) is 15.5. The molecule has 2 aliphatic heterocycles. The fourth-order valence-electron chi connectivity index (χ4n) is 3.42. The van der Waals surface area contributed by atoms with Gasteiger partial charge in [-0.25, -0.2) is 4.79 Å². The van der Waals surface area contributed by atoms with Crippen LogP contribution in [0.3, 0.4) is 0 Å². The number of nitrogens with one attached hydrogen (secondary N) is 2. The van der Waals surface area contributed by atoms with Crippen molar-refractivity contribution in [2.24, 2.45) is 0 Å². The van der Waals surface area contributed by atoms with E-state index in [0.29, 0.717) is 12.8 Å². The fraction of sp³-hybridized carbons (Fsp3) is 0.471. The van der Waals surface area contributed by atoms with E-state index >= 15 is 0 Å². The van der Waals surface area contributed by atoms with Crippen molar-refractivity contribution in [3.05, 3.63) is 35.9 Å². The molecule has 2 heterocycles. The maximum absolute atomic E-state index is 12.8. The van der Waals surface area contributed by atoms with Crippen LogP contribution in [0.15, 0.2) is 30.3 Å². The van der Waals surface area contributed by atoms with E-state index in [2.05, 4.69) is 10.6 Å². The molecule has 2 saturated heterocycles. The maximum atomic E-state index is 12.8. The summed E-state index contributed by atoms with van der Waals surface area (Å²) >= 11 is 0. The Hall–Kier alpha value is -2.37. The lowest BCUT2D eigenvalue weighted by molar-refractivity contribution is -0.133. The SMILES string of the molecule is CC1NC(=O)CCC1N1C(=O)NC(C(C)c2ccccc2)C1=O. The van der Waals surface area contributed by atoms with Gasteiger partial charge in [0.2, 0.25) is 5.91 Å². The maximum Gasteiger partial charge on any atom is 0.325 e. The van der Waals surface area contributed by atoms with Crippen molar-refractivity contribution < 1.29 is 14.4 Å². The third kappa shape index (κ3) is 2.81. The lowest BCUT2D eigenvalue weighted by Gasteiger charge is -2.34. The molecule has 4 atom stereocenters.